The molecule has 0 spiro atoms. The summed E-state index contributed by atoms with van der Waals surface area (Å²) >= 11 is 6.11. The monoisotopic (exact) mass is 394 g/mol. The summed E-state index contributed by atoms with van der Waals surface area (Å²) in [6, 6.07) is 16.5. The van der Waals surface area contributed by atoms with E-state index in [2.05, 4.69) is 28.5 Å². The third-order valence-electron chi connectivity index (χ3n) is 5.11. The number of nitrogens with zero attached hydrogens (tertiary/aromatic N) is 1. The van der Waals surface area contributed by atoms with E-state index in [4.69, 9.17) is 21.1 Å². The van der Waals surface area contributed by atoms with Crippen LogP contribution in [0.1, 0.15) is 34.7 Å². The van der Waals surface area contributed by atoms with Crippen molar-refractivity contribution in [2.75, 3.05) is 7.11 Å². The first-order chi connectivity index (χ1) is 13.7. The van der Waals surface area contributed by atoms with Crippen molar-refractivity contribution in [1.82, 2.24) is 10.3 Å². The van der Waals surface area contributed by atoms with Crippen LogP contribution in [0.2, 0.25) is 5.02 Å². The Morgan fingerprint density at radius 1 is 1.04 bits per heavy atom. The molecule has 1 aliphatic carbocycles. The lowest BCUT2D eigenvalue weighted by atomic mass is 10.1. The van der Waals surface area contributed by atoms with Crippen LogP contribution >= 0.6 is 11.6 Å². The van der Waals surface area contributed by atoms with Crippen LogP contribution in [0.15, 0.2) is 60.9 Å². The number of pyridine rings is 1. The number of ether oxygens (including phenoxy) is 2. The van der Waals surface area contributed by atoms with Crippen LogP contribution in [0.25, 0.3) is 0 Å². The van der Waals surface area contributed by atoms with E-state index in [-0.39, 0.29) is 0 Å². The predicted molar refractivity (Wildman–Crippen MR) is 111 cm³/mol. The summed E-state index contributed by atoms with van der Waals surface area (Å²) in [6.07, 6.45) is 5.69. The highest BCUT2D eigenvalue weighted by molar-refractivity contribution is 6.30. The third kappa shape index (κ3) is 4.29. The summed E-state index contributed by atoms with van der Waals surface area (Å²) in [7, 11) is 1.67. The lowest BCUT2D eigenvalue weighted by molar-refractivity contribution is 0.284. The van der Waals surface area contributed by atoms with Crippen LogP contribution < -0.4 is 14.8 Å². The van der Waals surface area contributed by atoms with Gasteiger partial charge in [0.25, 0.3) is 0 Å². The van der Waals surface area contributed by atoms with E-state index in [0.29, 0.717) is 12.6 Å². The Bertz CT molecular complexity index is 947. The second kappa shape index (κ2) is 8.63. The first kappa shape index (κ1) is 18.8. The molecule has 4 rings (SSSR count). The minimum absolute atomic E-state index is 0.362. The molecular formula is C23H23ClN2O2. The molecule has 0 saturated heterocycles. The normalized spacial score (nSPS) is 15.3. The van der Waals surface area contributed by atoms with Gasteiger partial charge in [-0.05, 0) is 71.5 Å². The number of aromatic nitrogens is 1. The van der Waals surface area contributed by atoms with Gasteiger partial charge in [-0.15, -0.1) is 0 Å². The summed E-state index contributed by atoms with van der Waals surface area (Å²) in [4.78, 5) is 4.02. The van der Waals surface area contributed by atoms with Gasteiger partial charge in [0, 0.05) is 30.0 Å². The van der Waals surface area contributed by atoms with E-state index in [1.807, 2.05) is 30.3 Å². The lowest BCUT2D eigenvalue weighted by Gasteiger charge is -2.16. The van der Waals surface area contributed by atoms with E-state index in [0.717, 1.165) is 47.0 Å². The molecule has 144 valence electrons. The van der Waals surface area contributed by atoms with Crippen LogP contribution in [-0.4, -0.2) is 12.1 Å². The van der Waals surface area contributed by atoms with Crippen molar-refractivity contribution in [2.45, 2.75) is 32.0 Å². The number of methoxy groups -OCH3 is 1. The maximum absolute atomic E-state index is 6.11. The highest BCUT2D eigenvalue weighted by Gasteiger charge is 2.22. The molecule has 1 aliphatic rings. The summed E-state index contributed by atoms with van der Waals surface area (Å²) in [5.74, 6) is 1.48. The molecule has 1 heterocycles. The van der Waals surface area contributed by atoms with E-state index in [9.17, 15) is 0 Å². The lowest BCUT2D eigenvalue weighted by Crippen LogP contribution is -2.18. The fourth-order valence-electron chi connectivity index (χ4n) is 3.62. The van der Waals surface area contributed by atoms with Gasteiger partial charge in [0.2, 0.25) is 0 Å². The van der Waals surface area contributed by atoms with E-state index >= 15 is 0 Å². The SMILES string of the molecule is COc1cc(CNC2CCc3cc(Cl)ccc32)ccc1OCc1ccncc1. The molecule has 0 amide bonds. The van der Waals surface area contributed by atoms with Crippen LogP contribution in [-0.2, 0) is 19.6 Å². The summed E-state index contributed by atoms with van der Waals surface area (Å²) in [5.41, 5.74) is 4.94. The highest BCUT2D eigenvalue weighted by Crippen LogP contribution is 2.34. The Labute approximate surface area is 170 Å². The van der Waals surface area contributed by atoms with Gasteiger partial charge in [0.05, 0.1) is 7.11 Å². The largest absolute Gasteiger partial charge is 0.493 e. The molecule has 5 heteroatoms. The maximum Gasteiger partial charge on any atom is 0.161 e. The van der Waals surface area contributed by atoms with Gasteiger partial charge in [0.15, 0.2) is 11.5 Å². The van der Waals surface area contributed by atoms with Gasteiger partial charge < -0.3 is 14.8 Å². The van der Waals surface area contributed by atoms with Gasteiger partial charge >= 0.3 is 0 Å². The van der Waals surface area contributed by atoms with Crippen molar-refractivity contribution < 1.29 is 9.47 Å². The Kier molecular flexibility index (Phi) is 5.79. The minimum atomic E-state index is 0.362. The molecule has 1 aromatic heterocycles. The molecule has 28 heavy (non-hydrogen) atoms. The number of halogens is 1. The number of hydrogen-bond acceptors (Lipinski definition) is 4. The molecule has 0 fully saturated rings. The van der Waals surface area contributed by atoms with Gasteiger partial charge in [0.1, 0.15) is 6.61 Å². The fraction of sp³-hybridized carbons (Fsp3) is 0.261. The fourth-order valence-corrected chi connectivity index (χ4v) is 3.82. The number of fused-ring (bicyclic) bond motifs is 1. The standard InChI is InChI=1S/C23H23ClN2O2/c1-27-23-12-17(2-7-22(23)28-15-16-8-10-25-11-9-16)14-26-21-6-3-18-13-19(24)4-5-20(18)21/h2,4-5,7-13,21,26H,3,6,14-15H2,1H3. The predicted octanol–water partition coefficient (Wildman–Crippen LogP) is 5.10. The molecule has 0 aliphatic heterocycles. The van der Waals surface area contributed by atoms with E-state index in [1.165, 1.54) is 11.1 Å². The van der Waals surface area contributed by atoms with Gasteiger partial charge in [-0.2, -0.15) is 0 Å². The second-order valence-electron chi connectivity index (χ2n) is 6.94. The van der Waals surface area contributed by atoms with Crippen molar-refractivity contribution in [1.29, 1.82) is 0 Å². The van der Waals surface area contributed by atoms with Crippen molar-refractivity contribution in [3.63, 3.8) is 0 Å². The van der Waals surface area contributed by atoms with E-state index < -0.39 is 0 Å². The topological polar surface area (TPSA) is 43.4 Å². The third-order valence-corrected chi connectivity index (χ3v) is 5.34. The smallest absolute Gasteiger partial charge is 0.161 e. The first-order valence-electron chi connectivity index (χ1n) is 9.43. The number of benzene rings is 2. The number of aryl methyl sites for hydroxylation is 1. The van der Waals surface area contributed by atoms with Crippen LogP contribution in [0, 0.1) is 0 Å². The minimum Gasteiger partial charge on any atom is -0.493 e. The van der Waals surface area contributed by atoms with Gasteiger partial charge in [-0.25, -0.2) is 0 Å². The Balaban J connectivity index is 1.39. The number of rotatable bonds is 7. The summed E-state index contributed by atoms with van der Waals surface area (Å²) in [6.45, 7) is 1.26. The quantitative estimate of drug-likeness (QED) is 0.605. The van der Waals surface area contributed by atoms with E-state index in [1.54, 1.807) is 19.5 Å². The number of nitrogens with one attached hydrogen (secondary N) is 1. The van der Waals surface area contributed by atoms with Gasteiger partial charge in [-0.3, -0.25) is 4.98 Å². The zero-order valence-electron chi connectivity index (χ0n) is 15.8. The molecular weight excluding hydrogens is 372 g/mol. The molecule has 1 N–H and O–H groups in total. The summed E-state index contributed by atoms with van der Waals surface area (Å²) < 4.78 is 11.5. The van der Waals surface area contributed by atoms with Crippen molar-refractivity contribution in [2.24, 2.45) is 0 Å². The summed E-state index contributed by atoms with van der Waals surface area (Å²) in [5, 5.41) is 4.47. The Hall–Kier alpha value is -2.56. The second-order valence-corrected chi connectivity index (χ2v) is 7.38. The zero-order valence-corrected chi connectivity index (χ0v) is 16.6. The molecule has 2 aromatic carbocycles. The van der Waals surface area contributed by atoms with Crippen LogP contribution in [0.4, 0.5) is 0 Å². The van der Waals surface area contributed by atoms with Crippen molar-refractivity contribution in [3.05, 3.63) is 88.2 Å². The maximum atomic E-state index is 6.11. The Morgan fingerprint density at radius 2 is 1.89 bits per heavy atom. The first-order valence-corrected chi connectivity index (χ1v) is 9.81. The molecule has 1 unspecified atom stereocenters. The van der Waals surface area contributed by atoms with Gasteiger partial charge in [-0.1, -0.05) is 23.7 Å². The average Bonchev–Trinajstić information content (AvgIpc) is 3.13. The van der Waals surface area contributed by atoms with Crippen LogP contribution in [0.5, 0.6) is 11.5 Å². The zero-order chi connectivity index (χ0) is 19.3. The highest BCUT2D eigenvalue weighted by atomic mass is 35.5. The molecule has 3 aromatic rings. The molecule has 0 radical (unpaired) electrons. The molecule has 4 nitrogen and oxygen atoms in total. The number of hydrogen-bond donors (Lipinski definition) is 1. The van der Waals surface area contributed by atoms with Crippen LogP contribution in [0.3, 0.4) is 0 Å². The Morgan fingerprint density at radius 3 is 2.71 bits per heavy atom. The average molecular weight is 395 g/mol. The van der Waals surface area contributed by atoms with Crippen molar-refractivity contribution in [3.8, 4) is 11.5 Å². The molecule has 0 bridgehead atoms. The molecule has 1 atom stereocenters. The molecule has 0 saturated carbocycles. The van der Waals surface area contributed by atoms with Crippen molar-refractivity contribution >= 4 is 11.6 Å².